The Hall–Kier alpha value is -2.41. The SMILES string of the molecule is O=C1C(=CC2=Cc3ccccc3OC2c2ccccc2)SC(=S)N1CC1CCCO1. The van der Waals surface area contributed by atoms with Crippen LogP contribution in [0.5, 0.6) is 5.75 Å². The van der Waals surface area contributed by atoms with Crippen LogP contribution in [0.2, 0.25) is 0 Å². The van der Waals surface area contributed by atoms with Gasteiger partial charge in [-0.3, -0.25) is 9.69 Å². The van der Waals surface area contributed by atoms with Gasteiger partial charge in [0.25, 0.3) is 5.91 Å². The van der Waals surface area contributed by atoms with Crippen LogP contribution in [0.25, 0.3) is 6.08 Å². The number of hydrogen-bond acceptors (Lipinski definition) is 5. The summed E-state index contributed by atoms with van der Waals surface area (Å²) in [7, 11) is 0. The molecule has 3 aliphatic rings. The molecular formula is C24H21NO3S2. The highest BCUT2D eigenvalue weighted by atomic mass is 32.2. The summed E-state index contributed by atoms with van der Waals surface area (Å²) in [6, 6.07) is 18.0. The van der Waals surface area contributed by atoms with Crippen LogP contribution in [0, 0.1) is 0 Å². The Labute approximate surface area is 185 Å². The number of hydrogen-bond donors (Lipinski definition) is 0. The normalized spacial score (nSPS) is 24.7. The van der Waals surface area contributed by atoms with Crippen molar-refractivity contribution in [2.45, 2.75) is 25.0 Å². The number of carbonyl (C=O) groups is 1. The third kappa shape index (κ3) is 3.83. The maximum absolute atomic E-state index is 13.1. The van der Waals surface area contributed by atoms with E-state index in [0.717, 1.165) is 41.9 Å². The summed E-state index contributed by atoms with van der Waals surface area (Å²) in [5.41, 5.74) is 2.99. The van der Waals surface area contributed by atoms with Gasteiger partial charge in [0.2, 0.25) is 0 Å². The lowest BCUT2D eigenvalue weighted by Gasteiger charge is -2.26. The number of amides is 1. The van der Waals surface area contributed by atoms with Gasteiger partial charge in [-0.15, -0.1) is 0 Å². The first-order valence-electron chi connectivity index (χ1n) is 10.1. The van der Waals surface area contributed by atoms with E-state index in [1.807, 2.05) is 60.7 Å². The molecule has 5 rings (SSSR count). The van der Waals surface area contributed by atoms with Gasteiger partial charge in [0.1, 0.15) is 16.2 Å². The lowest BCUT2D eigenvalue weighted by molar-refractivity contribution is -0.123. The van der Waals surface area contributed by atoms with Gasteiger partial charge >= 0.3 is 0 Å². The minimum absolute atomic E-state index is 0.0490. The molecule has 0 aromatic heterocycles. The minimum atomic E-state index is -0.275. The van der Waals surface area contributed by atoms with Crippen molar-refractivity contribution in [3.05, 3.63) is 82.3 Å². The van der Waals surface area contributed by atoms with Crippen molar-refractivity contribution in [3.8, 4) is 5.75 Å². The lowest BCUT2D eigenvalue weighted by Crippen LogP contribution is -2.35. The number of ether oxygens (including phenoxy) is 2. The Balaban J connectivity index is 1.47. The molecule has 2 fully saturated rings. The zero-order valence-corrected chi connectivity index (χ0v) is 18.0. The van der Waals surface area contributed by atoms with Crippen LogP contribution in [0.15, 0.2) is 71.2 Å². The van der Waals surface area contributed by atoms with Crippen molar-refractivity contribution < 1.29 is 14.3 Å². The van der Waals surface area contributed by atoms with E-state index in [-0.39, 0.29) is 18.1 Å². The molecular weight excluding hydrogens is 414 g/mol. The number of thiocarbonyl (C=S) groups is 1. The van der Waals surface area contributed by atoms with Gasteiger partial charge in [-0.05, 0) is 42.2 Å². The minimum Gasteiger partial charge on any atom is -0.480 e. The zero-order chi connectivity index (χ0) is 20.5. The van der Waals surface area contributed by atoms with Crippen molar-refractivity contribution in [3.63, 3.8) is 0 Å². The second-order valence-electron chi connectivity index (χ2n) is 7.52. The van der Waals surface area contributed by atoms with Crippen LogP contribution in [0.3, 0.4) is 0 Å². The molecule has 0 radical (unpaired) electrons. The highest BCUT2D eigenvalue weighted by Gasteiger charge is 2.35. The van der Waals surface area contributed by atoms with E-state index < -0.39 is 0 Å². The highest BCUT2D eigenvalue weighted by molar-refractivity contribution is 8.26. The average molecular weight is 436 g/mol. The summed E-state index contributed by atoms with van der Waals surface area (Å²) in [5.74, 6) is 0.793. The third-order valence-electron chi connectivity index (χ3n) is 5.47. The van der Waals surface area contributed by atoms with E-state index in [9.17, 15) is 4.79 Å². The molecule has 2 aromatic carbocycles. The van der Waals surface area contributed by atoms with E-state index in [0.29, 0.717) is 15.8 Å². The monoisotopic (exact) mass is 435 g/mol. The predicted octanol–water partition coefficient (Wildman–Crippen LogP) is 5.13. The van der Waals surface area contributed by atoms with Gasteiger partial charge in [-0.1, -0.05) is 72.5 Å². The molecule has 0 N–H and O–H groups in total. The summed E-state index contributed by atoms with van der Waals surface area (Å²) >= 11 is 6.86. The fourth-order valence-electron chi connectivity index (χ4n) is 3.96. The number of nitrogens with zero attached hydrogens (tertiary/aromatic N) is 1. The van der Waals surface area contributed by atoms with Crippen LogP contribution in [0.1, 0.15) is 30.1 Å². The van der Waals surface area contributed by atoms with E-state index >= 15 is 0 Å². The molecule has 2 aromatic rings. The topological polar surface area (TPSA) is 38.8 Å². The van der Waals surface area contributed by atoms with Gasteiger partial charge in [0, 0.05) is 12.2 Å². The number of rotatable bonds is 4. The van der Waals surface area contributed by atoms with E-state index in [4.69, 9.17) is 21.7 Å². The molecule has 3 aliphatic heterocycles. The smallest absolute Gasteiger partial charge is 0.266 e. The summed E-state index contributed by atoms with van der Waals surface area (Å²) < 4.78 is 12.6. The van der Waals surface area contributed by atoms with E-state index in [1.165, 1.54) is 11.8 Å². The number of benzene rings is 2. The second kappa shape index (κ2) is 8.38. The number of fused-ring (bicyclic) bond motifs is 1. The van der Waals surface area contributed by atoms with Crippen molar-refractivity contribution in [2.75, 3.05) is 13.2 Å². The molecule has 2 unspecified atom stereocenters. The van der Waals surface area contributed by atoms with E-state index in [1.54, 1.807) is 4.90 Å². The fraction of sp³-hybridized carbons (Fsp3) is 0.250. The summed E-state index contributed by atoms with van der Waals surface area (Å²) in [6.45, 7) is 1.29. The van der Waals surface area contributed by atoms with Crippen molar-refractivity contribution in [2.24, 2.45) is 0 Å². The van der Waals surface area contributed by atoms with Crippen LogP contribution in [-0.2, 0) is 9.53 Å². The van der Waals surface area contributed by atoms with Gasteiger partial charge in [0.15, 0.2) is 0 Å². The fourth-order valence-corrected chi connectivity index (χ4v) is 5.24. The van der Waals surface area contributed by atoms with Crippen LogP contribution >= 0.6 is 24.0 Å². The Morgan fingerprint density at radius 2 is 1.93 bits per heavy atom. The Morgan fingerprint density at radius 3 is 2.73 bits per heavy atom. The zero-order valence-electron chi connectivity index (χ0n) is 16.3. The Bertz CT molecular complexity index is 1040. The molecule has 3 heterocycles. The number of para-hydroxylation sites is 1. The van der Waals surface area contributed by atoms with Crippen molar-refractivity contribution in [1.82, 2.24) is 4.90 Å². The molecule has 30 heavy (non-hydrogen) atoms. The maximum atomic E-state index is 13.1. The summed E-state index contributed by atoms with van der Waals surface area (Å²) in [5, 5.41) is 0. The van der Waals surface area contributed by atoms with Gasteiger partial charge in [0.05, 0.1) is 17.6 Å². The van der Waals surface area contributed by atoms with E-state index in [2.05, 4.69) is 6.08 Å². The first-order chi connectivity index (χ1) is 14.7. The number of thioether (sulfide) groups is 1. The molecule has 2 atom stereocenters. The first kappa shape index (κ1) is 19.5. The van der Waals surface area contributed by atoms with Gasteiger partial charge < -0.3 is 9.47 Å². The van der Waals surface area contributed by atoms with Crippen molar-refractivity contribution in [1.29, 1.82) is 0 Å². The standard InChI is InChI=1S/C24H21NO3S2/c26-23-21(30-24(29)25(23)15-19-10-6-12-27-19)14-18-13-17-9-4-5-11-20(17)28-22(18)16-7-2-1-3-8-16/h1-5,7-9,11,13-14,19,22H,6,10,12,15H2. The molecule has 152 valence electrons. The first-order valence-corrected chi connectivity index (χ1v) is 11.3. The van der Waals surface area contributed by atoms with Crippen molar-refractivity contribution >= 4 is 40.3 Å². The summed E-state index contributed by atoms with van der Waals surface area (Å²) in [4.78, 5) is 15.4. The largest absolute Gasteiger partial charge is 0.480 e. The maximum Gasteiger partial charge on any atom is 0.266 e. The lowest BCUT2D eigenvalue weighted by atomic mass is 9.95. The van der Waals surface area contributed by atoms with Crippen LogP contribution in [0.4, 0.5) is 0 Å². The Kier molecular flexibility index (Phi) is 5.46. The molecule has 0 bridgehead atoms. The molecule has 0 saturated carbocycles. The van der Waals surface area contributed by atoms with Gasteiger partial charge in [-0.25, -0.2) is 0 Å². The molecule has 0 spiro atoms. The molecule has 2 saturated heterocycles. The second-order valence-corrected chi connectivity index (χ2v) is 9.19. The predicted molar refractivity (Wildman–Crippen MR) is 123 cm³/mol. The van der Waals surface area contributed by atoms with Crippen LogP contribution < -0.4 is 4.74 Å². The third-order valence-corrected chi connectivity index (χ3v) is 6.85. The number of carbonyl (C=O) groups excluding carboxylic acids is 1. The molecule has 1 amide bonds. The summed E-state index contributed by atoms with van der Waals surface area (Å²) in [6.07, 6.45) is 5.85. The average Bonchev–Trinajstić information content (AvgIpc) is 3.38. The molecule has 0 aliphatic carbocycles. The van der Waals surface area contributed by atoms with Crippen LogP contribution in [-0.4, -0.2) is 34.4 Å². The Morgan fingerprint density at radius 1 is 1.13 bits per heavy atom. The molecule has 6 heteroatoms. The quantitative estimate of drug-likeness (QED) is 0.492. The molecule has 4 nitrogen and oxygen atoms in total. The van der Waals surface area contributed by atoms with Gasteiger partial charge in [-0.2, -0.15) is 0 Å². The highest BCUT2D eigenvalue weighted by Crippen LogP contribution is 2.41.